The summed E-state index contributed by atoms with van der Waals surface area (Å²) in [4.78, 5) is 21.7. The zero-order chi connectivity index (χ0) is 17.2. The van der Waals surface area contributed by atoms with Crippen LogP contribution in [0.2, 0.25) is 0 Å². The van der Waals surface area contributed by atoms with Crippen molar-refractivity contribution in [2.75, 3.05) is 13.6 Å². The van der Waals surface area contributed by atoms with Gasteiger partial charge in [-0.25, -0.2) is 14.8 Å². The van der Waals surface area contributed by atoms with E-state index >= 15 is 0 Å². The molecule has 0 aliphatic heterocycles. The van der Waals surface area contributed by atoms with Crippen LogP contribution >= 0.6 is 37.0 Å². The highest BCUT2D eigenvalue weighted by Crippen LogP contribution is 2.41. The Balaban J connectivity index is 0.00000169. The third-order valence-corrected chi connectivity index (χ3v) is 5.40. The number of nitrogens with two attached hydrogens (primary N) is 1. The fourth-order valence-corrected chi connectivity index (χ4v) is 3.88. The van der Waals surface area contributed by atoms with E-state index in [0.717, 1.165) is 36.9 Å². The fraction of sp³-hybridized carbons (Fsp3) is 0.471. The van der Waals surface area contributed by atoms with E-state index in [1.54, 1.807) is 13.2 Å². The zero-order valence-electron chi connectivity index (χ0n) is 14.6. The van der Waals surface area contributed by atoms with E-state index in [4.69, 9.17) is 22.8 Å². The number of rotatable bonds is 3. The first-order chi connectivity index (χ1) is 11.6. The molecule has 2 aromatic heterocycles. The molecule has 0 unspecified atom stereocenters. The minimum Gasteiger partial charge on any atom is -0.339 e. The van der Waals surface area contributed by atoms with Crippen molar-refractivity contribution >= 4 is 53.6 Å². The lowest BCUT2D eigenvalue weighted by atomic mass is 9.69. The highest BCUT2D eigenvalue weighted by atomic mass is 35.5. The van der Waals surface area contributed by atoms with Gasteiger partial charge < -0.3 is 15.0 Å². The molecule has 2 N–H and O–H groups in total. The number of imidazole rings is 1. The van der Waals surface area contributed by atoms with Crippen molar-refractivity contribution in [3.05, 3.63) is 36.3 Å². The summed E-state index contributed by atoms with van der Waals surface area (Å²) in [5.74, 6) is -0.490. The SMILES string of the molecule is CN(OC(=O)CN)C(=S)C1(c2ccc3nccn3c2)CCCCC1.Cl.Cl. The predicted octanol–water partition coefficient (Wildman–Crippen LogP) is 3.06. The van der Waals surface area contributed by atoms with E-state index in [9.17, 15) is 4.79 Å². The predicted molar refractivity (Wildman–Crippen MR) is 110 cm³/mol. The number of fused-ring (bicyclic) bond motifs is 1. The Bertz CT molecular complexity index is 762. The lowest BCUT2D eigenvalue weighted by molar-refractivity contribution is -0.167. The van der Waals surface area contributed by atoms with Crippen molar-refractivity contribution in [3.63, 3.8) is 0 Å². The van der Waals surface area contributed by atoms with Gasteiger partial charge >= 0.3 is 5.97 Å². The Hall–Kier alpha value is -1.41. The highest BCUT2D eigenvalue weighted by Gasteiger charge is 2.41. The van der Waals surface area contributed by atoms with E-state index < -0.39 is 5.97 Å². The van der Waals surface area contributed by atoms with Gasteiger partial charge in [-0.3, -0.25) is 0 Å². The largest absolute Gasteiger partial charge is 0.345 e. The molecule has 0 amide bonds. The number of nitrogens with zero attached hydrogens (tertiary/aromatic N) is 3. The molecule has 144 valence electrons. The lowest BCUT2D eigenvalue weighted by Gasteiger charge is -2.40. The Labute approximate surface area is 170 Å². The van der Waals surface area contributed by atoms with Crippen molar-refractivity contribution in [2.24, 2.45) is 5.73 Å². The lowest BCUT2D eigenvalue weighted by Crippen LogP contribution is -2.46. The van der Waals surface area contributed by atoms with E-state index in [1.165, 1.54) is 11.5 Å². The van der Waals surface area contributed by atoms with Gasteiger partial charge in [-0.15, -0.1) is 24.8 Å². The number of carbonyl (C=O) groups excluding carboxylic acids is 1. The van der Waals surface area contributed by atoms with Crippen LogP contribution in [0.4, 0.5) is 0 Å². The van der Waals surface area contributed by atoms with Crippen LogP contribution in [0.5, 0.6) is 0 Å². The topological polar surface area (TPSA) is 72.9 Å². The quantitative estimate of drug-likeness (QED) is 0.609. The monoisotopic (exact) mass is 418 g/mol. The van der Waals surface area contributed by atoms with Gasteiger partial charge in [0.2, 0.25) is 0 Å². The van der Waals surface area contributed by atoms with Gasteiger partial charge in [0.15, 0.2) is 0 Å². The minimum absolute atomic E-state index is 0. The third-order valence-electron chi connectivity index (χ3n) is 4.75. The van der Waals surface area contributed by atoms with Gasteiger partial charge in [0, 0.05) is 25.6 Å². The first-order valence-corrected chi connectivity index (χ1v) is 8.60. The normalized spacial score (nSPS) is 15.5. The molecule has 1 aliphatic carbocycles. The molecule has 0 spiro atoms. The summed E-state index contributed by atoms with van der Waals surface area (Å²) in [6.45, 7) is -0.166. The molecule has 2 heterocycles. The first-order valence-electron chi connectivity index (χ1n) is 8.19. The summed E-state index contributed by atoms with van der Waals surface area (Å²) in [5, 5.41) is 1.41. The number of hydrogen-bond donors (Lipinski definition) is 1. The molecule has 0 radical (unpaired) electrons. The third kappa shape index (κ3) is 4.28. The molecule has 1 aliphatic rings. The number of halogens is 2. The van der Waals surface area contributed by atoms with E-state index in [0.29, 0.717) is 4.99 Å². The molecule has 6 nitrogen and oxygen atoms in total. The average Bonchev–Trinajstić information content (AvgIpc) is 3.09. The van der Waals surface area contributed by atoms with Gasteiger partial charge in [-0.2, -0.15) is 0 Å². The second-order valence-electron chi connectivity index (χ2n) is 6.22. The molecule has 0 saturated heterocycles. The van der Waals surface area contributed by atoms with E-state index in [1.807, 2.05) is 16.7 Å². The Morgan fingerprint density at radius 2 is 2.04 bits per heavy atom. The molecule has 3 rings (SSSR count). The standard InChI is InChI=1S/C17H22N4O2S.2ClH/c1-20(23-15(22)11-18)16(24)17(7-3-2-4-8-17)13-5-6-14-19-9-10-21(14)12-13;;/h5-6,9-10,12H,2-4,7-8,11,18H2,1H3;2*1H. The molecule has 2 aromatic rings. The molecule has 1 fully saturated rings. The number of hydrogen-bond acceptors (Lipinski definition) is 5. The summed E-state index contributed by atoms with van der Waals surface area (Å²) in [7, 11) is 1.68. The van der Waals surface area contributed by atoms with Gasteiger partial charge in [-0.1, -0.05) is 37.5 Å². The molecule has 1 saturated carbocycles. The maximum atomic E-state index is 11.5. The average molecular weight is 419 g/mol. The van der Waals surface area contributed by atoms with Crippen molar-refractivity contribution in [2.45, 2.75) is 37.5 Å². The molecule has 9 heteroatoms. The zero-order valence-corrected chi connectivity index (χ0v) is 17.0. The van der Waals surface area contributed by atoms with Crippen molar-refractivity contribution in [3.8, 4) is 0 Å². The minimum atomic E-state index is -0.490. The summed E-state index contributed by atoms with van der Waals surface area (Å²) in [6, 6.07) is 4.08. The molecule has 26 heavy (non-hydrogen) atoms. The van der Waals surface area contributed by atoms with Crippen LogP contribution in [0.3, 0.4) is 0 Å². The fourth-order valence-electron chi connectivity index (χ4n) is 3.52. The molecule has 0 bridgehead atoms. The number of aromatic nitrogens is 2. The van der Waals surface area contributed by atoms with E-state index in [2.05, 4.69) is 17.2 Å². The summed E-state index contributed by atoms with van der Waals surface area (Å²) < 4.78 is 2.00. The van der Waals surface area contributed by atoms with Crippen LogP contribution in [-0.2, 0) is 15.0 Å². The second-order valence-corrected chi connectivity index (χ2v) is 6.61. The Morgan fingerprint density at radius 3 is 2.69 bits per heavy atom. The van der Waals surface area contributed by atoms with Gasteiger partial charge in [0.05, 0.1) is 12.0 Å². The maximum absolute atomic E-state index is 11.5. The van der Waals surface area contributed by atoms with Crippen LogP contribution in [0.25, 0.3) is 5.65 Å². The summed E-state index contributed by atoms with van der Waals surface area (Å²) in [6.07, 6.45) is 11.1. The van der Waals surface area contributed by atoms with Gasteiger partial charge in [-0.05, 0) is 24.5 Å². The molecular weight excluding hydrogens is 395 g/mol. The van der Waals surface area contributed by atoms with Crippen LogP contribution in [0, 0.1) is 0 Å². The van der Waals surface area contributed by atoms with Crippen LogP contribution < -0.4 is 5.73 Å². The number of carbonyl (C=O) groups is 1. The number of thiocarbonyl (C=S) groups is 1. The van der Waals surface area contributed by atoms with E-state index in [-0.39, 0.29) is 36.8 Å². The maximum Gasteiger partial charge on any atom is 0.345 e. The number of hydroxylamine groups is 2. The molecule has 0 aromatic carbocycles. The highest BCUT2D eigenvalue weighted by molar-refractivity contribution is 7.80. The summed E-state index contributed by atoms with van der Waals surface area (Å²) in [5.41, 5.74) is 7.06. The summed E-state index contributed by atoms with van der Waals surface area (Å²) >= 11 is 5.74. The van der Waals surface area contributed by atoms with Crippen molar-refractivity contribution in [1.82, 2.24) is 14.4 Å². The number of likely N-dealkylation sites (N-methyl/N-ethyl adjacent to an activating group) is 1. The first kappa shape index (κ1) is 22.6. The Kier molecular flexibility index (Phi) is 8.27. The van der Waals surface area contributed by atoms with Gasteiger partial charge in [0.25, 0.3) is 0 Å². The van der Waals surface area contributed by atoms with Gasteiger partial charge in [0.1, 0.15) is 10.6 Å². The number of pyridine rings is 1. The van der Waals surface area contributed by atoms with Crippen LogP contribution in [0.15, 0.2) is 30.7 Å². The second kappa shape index (κ2) is 9.50. The molecule has 0 atom stereocenters. The van der Waals surface area contributed by atoms with Crippen molar-refractivity contribution in [1.29, 1.82) is 0 Å². The van der Waals surface area contributed by atoms with Crippen molar-refractivity contribution < 1.29 is 9.63 Å². The molecular formula is C17H24Cl2N4O2S. The smallest absolute Gasteiger partial charge is 0.339 e. The van der Waals surface area contributed by atoms with Crippen LogP contribution in [-0.4, -0.2) is 39.0 Å². The van der Waals surface area contributed by atoms with Crippen LogP contribution in [0.1, 0.15) is 37.7 Å². The Morgan fingerprint density at radius 1 is 1.35 bits per heavy atom.